The van der Waals surface area contributed by atoms with E-state index in [9.17, 15) is 18.0 Å². The molecule has 2 aromatic heterocycles. The SMILES string of the molecule is COC[C@@H]1CN(c2nc(=O)n(C)c3ccc(Cl)nc23)[C@@H](C)CN1C(C)c1ccc(C(F)(F)F)cc1. The number of alkyl halides is 3. The maximum Gasteiger partial charge on any atom is 0.416 e. The molecule has 0 radical (unpaired) electrons. The first-order valence-electron chi connectivity index (χ1n) is 11.2. The molecule has 0 N–H and O–H groups in total. The van der Waals surface area contributed by atoms with E-state index in [2.05, 4.69) is 14.9 Å². The number of piperazine rings is 1. The number of anilines is 1. The van der Waals surface area contributed by atoms with Gasteiger partial charge >= 0.3 is 11.9 Å². The zero-order valence-corrected chi connectivity index (χ0v) is 20.6. The Morgan fingerprint density at radius 2 is 1.83 bits per heavy atom. The Morgan fingerprint density at radius 1 is 1.14 bits per heavy atom. The molecule has 1 unspecified atom stereocenters. The second kappa shape index (κ2) is 9.75. The van der Waals surface area contributed by atoms with Gasteiger partial charge in [-0.1, -0.05) is 23.7 Å². The zero-order valence-electron chi connectivity index (χ0n) is 19.9. The second-order valence-corrected chi connectivity index (χ2v) is 9.27. The van der Waals surface area contributed by atoms with Crippen molar-refractivity contribution in [1.29, 1.82) is 0 Å². The standard InChI is InChI=1S/C24H27ClF3N5O2/c1-14-11-33(15(2)16-5-7-17(8-6-16)24(26,27)28)18(13-35-4)12-32(14)22-21-19(9-10-20(25)29-21)31(3)23(34)30-22/h5-10,14-15,18H,11-13H2,1-4H3/t14-,15?,18-/m0/s1. The Bertz CT molecular complexity index is 1260. The van der Waals surface area contributed by atoms with Crippen molar-refractivity contribution in [2.75, 3.05) is 31.7 Å². The summed E-state index contributed by atoms with van der Waals surface area (Å²) in [7, 11) is 3.24. The molecule has 1 aliphatic rings. The molecule has 35 heavy (non-hydrogen) atoms. The van der Waals surface area contributed by atoms with Crippen LogP contribution in [0.15, 0.2) is 41.2 Å². The van der Waals surface area contributed by atoms with Gasteiger partial charge in [-0.05, 0) is 43.7 Å². The number of ether oxygens (including phenoxy) is 1. The maximum atomic E-state index is 13.0. The molecule has 11 heteroatoms. The molecular formula is C24H27ClF3N5O2. The molecule has 0 aliphatic carbocycles. The van der Waals surface area contributed by atoms with Crippen molar-refractivity contribution in [1.82, 2.24) is 19.4 Å². The summed E-state index contributed by atoms with van der Waals surface area (Å²) in [6.45, 7) is 5.45. The van der Waals surface area contributed by atoms with E-state index < -0.39 is 17.4 Å². The number of fused-ring (bicyclic) bond motifs is 1. The Balaban J connectivity index is 1.67. The van der Waals surface area contributed by atoms with Crippen molar-refractivity contribution in [2.24, 2.45) is 7.05 Å². The summed E-state index contributed by atoms with van der Waals surface area (Å²) in [5.41, 5.74) is 0.875. The number of benzene rings is 1. The summed E-state index contributed by atoms with van der Waals surface area (Å²) in [6, 6.07) is 8.34. The minimum Gasteiger partial charge on any atom is -0.383 e. The highest BCUT2D eigenvalue weighted by Crippen LogP contribution is 2.34. The van der Waals surface area contributed by atoms with Crippen LogP contribution in [-0.4, -0.2) is 58.3 Å². The highest BCUT2D eigenvalue weighted by Gasteiger charge is 2.37. The van der Waals surface area contributed by atoms with E-state index in [4.69, 9.17) is 16.3 Å². The van der Waals surface area contributed by atoms with Crippen LogP contribution >= 0.6 is 11.6 Å². The van der Waals surface area contributed by atoms with E-state index in [1.54, 1.807) is 26.3 Å². The molecule has 0 bridgehead atoms. The third kappa shape index (κ3) is 5.00. The highest BCUT2D eigenvalue weighted by molar-refractivity contribution is 6.29. The number of hydrogen-bond donors (Lipinski definition) is 0. The predicted molar refractivity (Wildman–Crippen MR) is 129 cm³/mol. The third-order valence-corrected chi connectivity index (χ3v) is 6.84. The van der Waals surface area contributed by atoms with Crippen molar-refractivity contribution >= 4 is 28.5 Å². The van der Waals surface area contributed by atoms with Crippen LogP contribution in [0.5, 0.6) is 0 Å². The molecule has 1 fully saturated rings. The molecule has 1 aliphatic heterocycles. The van der Waals surface area contributed by atoms with Crippen LogP contribution in [0.3, 0.4) is 0 Å². The first-order valence-corrected chi connectivity index (χ1v) is 11.6. The van der Waals surface area contributed by atoms with E-state index in [0.29, 0.717) is 41.7 Å². The maximum absolute atomic E-state index is 13.0. The summed E-state index contributed by atoms with van der Waals surface area (Å²) in [6.07, 6.45) is -4.38. The molecule has 3 atom stereocenters. The third-order valence-electron chi connectivity index (χ3n) is 6.63. The van der Waals surface area contributed by atoms with Crippen LogP contribution in [0.4, 0.5) is 19.0 Å². The number of methoxy groups -OCH3 is 1. The fourth-order valence-corrected chi connectivity index (χ4v) is 4.85. The second-order valence-electron chi connectivity index (χ2n) is 8.88. The Labute approximate surface area is 206 Å². The fraction of sp³-hybridized carbons (Fsp3) is 0.458. The fourth-order valence-electron chi connectivity index (χ4n) is 4.70. The number of halogens is 4. The van der Waals surface area contributed by atoms with Gasteiger partial charge in [0.05, 0.1) is 23.7 Å². The molecule has 0 saturated carbocycles. The Kier molecular flexibility index (Phi) is 7.08. The van der Waals surface area contributed by atoms with Crippen molar-refractivity contribution < 1.29 is 17.9 Å². The van der Waals surface area contributed by atoms with Crippen molar-refractivity contribution in [3.05, 3.63) is 63.2 Å². The largest absolute Gasteiger partial charge is 0.416 e. The van der Waals surface area contributed by atoms with Gasteiger partial charge < -0.3 is 9.64 Å². The molecule has 0 spiro atoms. The zero-order chi connectivity index (χ0) is 25.5. The lowest BCUT2D eigenvalue weighted by Gasteiger charge is -2.48. The molecule has 1 aromatic carbocycles. The Morgan fingerprint density at radius 3 is 2.46 bits per heavy atom. The summed E-state index contributed by atoms with van der Waals surface area (Å²) in [4.78, 5) is 25.6. The molecule has 3 heterocycles. The van der Waals surface area contributed by atoms with Gasteiger partial charge in [-0.3, -0.25) is 9.47 Å². The number of nitrogens with zero attached hydrogens (tertiary/aromatic N) is 5. The number of aromatic nitrogens is 3. The van der Waals surface area contributed by atoms with Crippen LogP contribution in [0.2, 0.25) is 5.15 Å². The van der Waals surface area contributed by atoms with Crippen molar-refractivity contribution in [3.63, 3.8) is 0 Å². The van der Waals surface area contributed by atoms with Gasteiger partial charge in [-0.15, -0.1) is 0 Å². The van der Waals surface area contributed by atoms with Gasteiger partial charge in [-0.25, -0.2) is 9.78 Å². The van der Waals surface area contributed by atoms with Crippen LogP contribution in [0, 0.1) is 0 Å². The van der Waals surface area contributed by atoms with E-state index in [0.717, 1.165) is 17.7 Å². The van der Waals surface area contributed by atoms with Crippen LogP contribution in [0.1, 0.15) is 31.0 Å². The lowest BCUT2D eigenvalue weighted by molar-refractivity contribution is -0.137. The molecule has 188 valence electrons. The van der Waals surface area contributed by atoms with Crippen LogP contribution in [0.25, 0.3) is 11.0 Å². The molecule has 4 rings (SSSR count). The average molecular weight is 510 g/mol. The van der Waals surface area contributed by atoms with E-state index >= 15 is 0 Å². The lowest BCUT2D eigenvalue weighted by Crippen LogP contribution is -2.59. The van der Waals surface area contributed by atoms with Gasteiger partial charge in [0.25, 0.3) is 0 Å². The first kappa shape index (κ1) is 25.4. The van der Waals surface area contributed by atoms with Gasteiger partial charge in [0.2, 0.25) is 0 Å². The predicted octanol–water partition coefficient (Wildman–Crippen LogP) is 4.29. The van der Waals surface area contributed by atoms with E-state index in [-0.39, 0.29) is 18.1 Å². The van der Waals surface area contributed by atoms with Gasteiger partial charge in [0.15, 0.2) is 5.82 Å². The van der Waals surface area contributed by atoms with Gasteiger partial charge in [-0.2, -0.15) is 18.2 Å². The molecule has 0 amide bonds. The van der Waals surface area contributed by atoms with Crippen LogP contribution < -0.4 is 10.6 Å². The van der Waals surface area contributed by atoms with Gasteiger partial charge in [0, 0.05) is 39.3 Å². The summed E-state index contributed by atoms with van der Waals surface area (Å²) in [5, 5.41) is 0.301. The number of hydrogen-bond acceptors (Lipinski definition) is 6. The normalized spacial score (nSPS) is 20.4. The van der Waals surface area contributed by atoms with Crippen molar-refractivity contribution in [2.45, 2.75) is 38.1 Å². The first-order chi connectivity index (χ1) is 16.5. The minimum absolute atomic E-state index is 0.0661. The monoisotopic (exact) mass is 509 g/mol. The minimum atomic E-state index is -4.38. The molecule has 3 aromatic rings. The number of aryl methyl sites for hydroxylation is 1. The summed E-state index contributed by atoms with van der Waals surface area (Å²) < 4.78 is 45.9. The summed E-state index contributed by atoms with van der Waals surface area (Å²) >= 11 is 6.16. The average Bonchev–Trinajstić information content (AvgIpc) is 2.81. The lowest BCUT2D eigenvalue weighted by atomic mass is 9.99. The number of pyridine rings is 1. The number of rotatable bonds is 5. The highest BCUT2D eigenvalue weighted by atomic mass is 35.5. The van der Waals surface area contributed by atoms with Gasteiger partial charge in [0.1, 0.15) is 10.7 Å². The van der Waals surface area contributed by atoms with Crippen molar-refractivity contribution in [3.8, 4) is 0 Å². The summed E-state index contributed by atoms with van der Waals surface area (Å²) in [5.74, 6) is 0.459. The Hall–Kier alpha value is -2.69. The van der Waals surface area contributed by atoms with Crippen LogP contribution in [-0.2, 0) is 18.0 Å². The molecular weight excluding hydrogens is 483 g/mol. The van der Waals surface area contributed by atoms with E-state index in [1.165, 1.54) is 16.7 Å². The molecule has 7 nitrogen and oxygen atoms in total. The smallest absolute Gasteiger partial charge is 0.383 e. The topological polar surface area (TPSA) is 63.5 Å². The quantitative estimate of drug-likeness (QED) is 0.478. The molecule has 1 saturated heterocycles. The van der Waals surface area contributed by atoms with E-state index in [1.807, 2.05) is 18.7 Å².